The van der Waals surface area contributed by atoms with E-state index >= 15 is 0 Å². The molecule has 0 heterocycles. The summed E-state index contributed by atoms with van der Waals surface area (Å²) in [7, 11) is 0. The van der Waals surface area contributed by atoms with Crippen molar-refractivity contribution in [3.8, 4) is 0 Å². The number of non-ortho nitro benzene ring substituents is 2. The molecule has 25 heavy (non-hydrogen) atoms. The molecule has 0 fully saturated rings. The van der Waals surface area contributed by atoms with Gasteiger partial charge in [0, 0.05) is 30.2 Å². The topological polar surface area (TPSA) is 107 Å². The molecule has 9 heteroatoms. The molecule has 0 bridgehead atoms. The largest absolute Gasteiger partial charge is 0.335 e. The van der Waals surface area contributed by atoms with Crippen molar-refractivity contribution in [2.45, 2.75) is 13.5 Å². The maximum atomic E-state index is 12.7. The Bertz CT molecular complexity index is 808. The van der Waals surface area contributed by atoms with Crippen molar-refractivity contribution < 1.29 is 14.6 Å². The highest BCUT2D eigenvalue weighted by molar-refractivity contribution is 6.31. The first-order chi connectivity index (χ1) is 11.8. The first-order valence-electron chi connectivity index (χ1n) is 7.30. The minimum absolute atomic E-state index is 0.116. The highest BCUT2D eigenvalue weighted by atomic mass is 35.5. The van der Waals surface area contributed by atoms with E-state index in [9.17, 15) is 25.0 Å². The van der Waals surface area contributed by atoms with Crippen molar-refractivity contribution >= 4 is 28.9 Å². The Kier molecular flexibility index (Phi) is 5.66. The molecule has 130 valence electrons. The van der Waals surface area contributed by atoms with Crippen LogP contribution in [0.5, 0.6) is 0 Å². The monoisotopic (exact) mass is 363 g/mol. The number of amides is 1. The second-order valence-electron chi connectivity index (χ2n) is 5.16. The molecule has 0 spiro atoms. The molecule has 0 aromatic heterocycles. The summed E-state index contributed by atoms with van der Waals surface area (Å²) in [6.07, 6.45) is 0. The van der Waals surface area contributed by atoms with Gasteiger partial charge in [0.15, 0.2) is 0 Å². The molecule has 0 unspecified atom stereocenters. The Morgan fingerprint density at radius 3 is 2.12 bits per heavy atom. The Morgan fingerprint density at radius 1 is 1.08 bits per heavy atom. The number of hydrogen-bond acceptors (Lipinski definition) is 5. The molecule has 0 atom stereocenters. The summed E-state index contributed by atoms with van der Waals surface area (Å²) in [4.78, 5) is 34.5. The standard InChI is InChI=1S/C16H14ClN3O5/c1-2-18(10-11-5-3-4-6-15(11)17)16(21)12-7-13(19(22)23)9-14(8-12)20(24)25/h3-9H,2,10H2,1H3. The summed E-state index contributed by atoms with van der Waals surface area (Å²) in [5.74, 6) is -0.547. The highest BCUT2D eigenvalue weighted by Gasteiger charge is 2.23. The SMILES string of the molecule is CCN(Cc1ccccc1Cl)C(=O)c1cc([N+](=O)[O-])cc([N+](=O)[O-])c1. The van der Waals surface area contributed by atoms with Gasteiger partial charge in [-0.15, -0.1) is 0 Å². The van der Waals surface area contributed by atoms with Crippen LogP contribution in [0.2, 0.25) is 5.02 Å². The minimum Gasteiger partial charge on any atom is -0.335 e. The van der Waals surface area contributed by atoms with Crippen molar-refractivity contribution in [3.05, 3.63) is 78.8 Å². The van der Waals surface area contributed by atoms with Gasteiger partial charge >= 0.3 is 0 Å². The third-order valence-corrected chi connectivity index (χ3v) is 3.93. The molecule has 0 aliphatic carbocycles. The van der Waals surface area contributed by atoms with Crippen molar-refractivity contribution in [3.63, 3.8) is 0 Å². The fraction of sp³-hybridized carbons (Fsp3) is 0.188. The van der Waals surface area contributed by atoms with Gasteiger partial charge in [-0.2, -0.15) is 0 Å². The van der Waals surface area contributed by atoms with Crippen molar-refractivity contribution in [2.24, 2.45) is 0 Å². The normalized spacial score (nSPS) is 10.3. The molecule has 0 saturated carbocycles. The number of nitro groups is 2. The second-order valence-corrected chi connectivity index (χ2v) is 5.57. The lowest BCUT2D eigenvalue weighted by Crippen LogP contribution is -2.30. The fourth-order valence-electron chi connectivity index (χ4n) is 2.27. The number of nitro benzene ring substituents is 2. The predicted octanol–water partition coefficient (Wildman–Crippen LogP) is 3.82. The maximum absolute atomic E-state index is 12.7. The number of hydrogen-bond donors (Lipinski definition) is 0. The summed E-state index contributed by atoms with van der Waals surface area (Å²) in [5.41, 5.74) is -0.424. The van der Waals surface area contributed by atoms with Crippen LogP contribution in [0, 0.1) is 20.2 Å². The van der Waals surface area contributed by atoms with Crippen molar-refractivity contribution in [1.29, 1.82) is 0 Å². The van der Waals surface area contributed by atoms with E-state index in [0.29, 0.717) is 17.1 Å². The molecular formula is C16H14ClN3O5. The lowest BCUT2D eigenvalue weighted by atomic mass is 10.1. The van der Waals surface area contributed by atoms with Gasteiger partial charge in [-0.3, -0.25) is 25.0 Å². The van der Waals surface area contributed by atoms with Gasteiger partial charge in [0.25, 0.3) is 17.3 Å². The molecule has 0 saturated heterocycles. The number of nitrogens with zero attached hydrogens (tertiary/aromatic N) is 3. The Hall–Kier alpha value is -3.00. The van der Waals surface area contributed by atoms with Crippen molar-refractivity contribution in [1.82, 2.24) is 4.90 Å². The Labute approximate surface area is 147 Å². The zero-order chi connectivity index (χ0) is 18.6. The summed E-state index contributed by atoms with van der Waals surface area (Å²) in [6.45, 7) is 2.23. The molecule has 0 aliphatic heterocycles. The van der Waals surface area contributed by atoms with Gasteiger partial charge in [-0.25, -0.2) is 0 Å². The van der Waals surface area contributed by atoms with E-state index in [-0.39, 0.29) is 12.1 Å². The number of carbonyl (C=O) groups excluding carboxylic acids is 1. The van der Waals surface area contributed by atoms with E-state index in [4.69, 9.17) is 11.6 Å². The van der Waals surface area contributed by atoms with Crippen LogP contribution in [0.15, 0.2) is 42.5 Å². The zero-order valence-electron chi connectivity index (χ0n) is 13.2. The molecule has 0 radical (unpaired) electrons. The fourth-order valence-corrected chi connectivity index (χ4v) is 2.47. The third kappa shape index (κ3) is 4.30. The lowest BCUT2D eigenvalue weighted by Gasteiger charge is -2.21. The van der Waals surface area contributed by atoms with Crippen LogP contribution in [0.25, 0.3) is 0 Å². The van der Waals surface area contributed by atoms with Crippen LogP contribution in [-0.4, -0.2) is 27.2 Å². The molecule has 2 rings (SSSR count). The Morgan fingerprint density at radius 2 is 1.64 bits per heavy atom. The van der Waals surface area contributed by atoms with E-state index in [1.807, 2.05) is 0 Å². The summed E-state index contributed by atoms with van der Waals surface area (Å²) < 4.78 is 0. The van der Waals surface area contributed by atoms with E-state index in [1.54, 1.807) is 31.2 Å². The van der Waals surface area contributed by atoms with E-state index in [2.05, 4.69) is 0 Å². The van der Waals surface area contributed by atoms with E-state index < -0.39 is 27.1 Å². The Balaban J connectivity index is 2.38. The quantitative estimate of drug-likeness (QED) is 0.572. The maximum Gasteiger partial charge on any atom is 0.277 e. The number of rotatable bonds is 6. The van der Waals surface area contributed by atoms with Gasteiger partial charge in [0.2, 0.25) is 0 Å². The number of carbonyl (C=O) groups is 1. The smallest absolute Gasteiger partial charge is 0.277 e. The van der Waals surface area contributed by atoms with Crippen LogP contribution in [-0.2, 0) is 6.54 Å². The zero-order valence-corrected chi connectivity index (χ0v) is 14.0. The summed E-state index contributed by atoms with van der Waals surface area (Å²) in [5, 5.41) is 22.4. The summed E-state index contributed by atoms with van der Waals surface area (Å²) >= 11 is 6.09. The average molecular weight is 364 g/mol. The van der Waals surface area contributed by atoms with E-state index in [1.165, 1.54) is 4.90 Å². The predicted molar refractivity (Wildman–Crippen MR) is 91.6 cm³/mol. The molecule has 1 amide bonds. The molecular weight excluding hydrogens is 350 g/mol. The highest BCUT2D eigenvalue weighted by Crippen LogP contribution is 2.25. The average Bonchev–Trinajstić information content (AvgIpc) is 2.60. The second kappa shape index (κ2) is 7.71. The first kappa shape index (κ1) is 18.3. The first-order valence-corrected chi connectivity index (χ1v) is 7.67. The molecule has 2 aromatic rings. The van der Waals surface area contributed by atoms with Crippen molar-refractivity contribution in [2.75, 3.05) is 6.54 Å². The van der Waals surface area contributed by atoms with Gasteiger partial charge in [0.05, 0.1) is 21.5 Å². The van der Waals surface area contributed by atoms with Gasteiger partial charge in [-0.05, 0) is 18.6 Å². The van der Waals surface area contributed by atoms with Crippen LogP contribution in [0.3, 0.4) is 0 Å². The van der Waals surface area contributed by atoms with Crippen LogP contribution < -0.4 is 0 Å². The molecule has 8 nitrogen and oxygen atoms in total. The van der Waals surface area contributed by atoms with Gasteiger partial charge < -0.3 is 4.90 Å². The molecule has 0 aliphatic rings. The van der Waals surface area contributed by atoms with Gasteiger partial charge in [-0.1, -0.05) is 29.8 Å². The van der Waals surface area contributed by atoms with Crippen LogP contribution >= 0.6 is 11.6 Å². The minimum atomic E-state index is -0.770. The number of halogens is 1. The van der Waals surface area contributed by atoms with E-state index in [0.717, 1.165) is 18.2 Å². The van der Waals surface area contributed by atoms with Crippen LogP contribution in [0.1, 0.15) is 22.8 Å². The third-order valence-electron chi connectivity index (χ3n) is 3.56. The number of benzene rings is 2. The molecule has 2 aromatic carbocycles. The lowest BCUT2D eigenvalue weighted by molar-refractivity contribution is -0.394. The summed E-state index contributed by atoms with van der Waals surface area (Å²) in [6, 6.07) is 9.86. The molecule has 0 N–H and O–H groups in total. The van der Waals surface area contributed by atoms with Gasteiger partial charge in [0.1, 0.15) is 0 Å². The van der Waals surface area contributed by atoms with Crippen LogP contribution in [0.4, 0.5) is 11.4 Å².